The molecule has 0 aromatic rings. The third kappa shape index (κ3) is 1.49. The Morgan fingerprint density at radius 3 is 3.00 bits per heavy atom. The van der Waals surface area contributed by atoms with E-state index < -0.39 is 0 Å². The first-order valence-corrected chi connectivity index (χ1v) is 4.19. The molecule has 2 aliphatic heterocycles. The highest BCUT2D eigenvalue weighted by Gasteiger charge is 2.27. The highest BCUT2D eigenvalue weighted by molar-refractivity contribution is 5.84. The first-order chi connectivity index (χ1) is 5.86. The van der Waals surface area contributed by atoms with Crippen LogP contribution in [-0.2, 0) is 9.53 Å². The van der Waals surface area contributed by atoms with Crippen LogP contribution in [0.3, 0.4) is 0 Å². The molecule has 0 radical (unpaired) electrons. The molecule has 2 N–H and O–H groups in total. The van der Waals surface area contributed by atoms with Crippen LogP contribution in [0.5, 0.6) is 0 Å². The van der Waals surface area contributed by atoms with Crippen LogP contribution in [0.4, 0.5) is 0 Å². The van der Waals surface area contributed by atoms with Crippen LogP contribution in [0.2, 0.25) is 0 Å². The molecule has 4 nitrogen and oxygen atoms in total. The summed E-state index contributed by atoms with van der Waals surface area (Å²) in [5.41, 5.74) is 0. The molecule has 4 heteroatoms. The van der Waals surface area contributed by atoms with E-state index in [2.05, 4.69) is 10.6 Å². The minimum atomic E-state index is -0.229. The Morgan fingerprint density at radius 1 is 1.50 bits per heavy atom. The fraction of sp³-hybridized carbons (Fsp3) is 0.625. The molecule has 0 saturated carbocycles. The number of hydrogen-bond acceptors (Lipinski definition) is 4. The van der Waals surface area contributed by atoms with E-state index in [1.54, 1.807) is 0 Å². The van der Waals surface area contributed by atoms with Crippen LogP contribution in [0, 0.1) is 0 Å². The van der Waals surface area contributed by atoms with E-state index >= 15 is 0 Å². The van der Waals surface area contributed by atoms with E-state index in [-0.39, 0.29) is 18.1 Å². The number of esters is 1. The van der Waals surface area contributed by atoms with Crippen molar-refractivity contribution in [1.82, 2.24) is 10.6 Å². The van der Waals surface area contributed by atoms with Crippen molar-refractivity contribution in [3.8, 4) is 0 Å². The number of cyclic esters (lactones) is 1. The molecular weight excluding hydrogens is 156 g/mol. The van der Waals surface area contributed by atoms with Gasteiger partial charge in [0.25, 0.3) is 0 Å². The fourth-order valence-electron chi connectivity index (χ4n) is 1.51. The molecule has 0 aromatic heterocycles. The molecule has 2 rings (SSSR count). The monoisotopic (exact) mass is 168 g/mol. The van der Waals surface area contributed by atoms with Gasteiger partial charge in [0, 0.05) is 25.7 Å². The van der Waals surface area contributed by atoms with Crippen molar-refractivity contribution in [3.63, 3.8) is 0 Å². The summed E-state index contributed by atoms with van der Waals surface area (Å²) in [6, 6.07) is 0.237. The number of carbonyl (C=O) groups excluding carboxylic acids is 1. The van der Waals surface area contributed by atoms with Crippen LogP contribution in [0.1, 0.15) is 0 Å². The Labute approximate surface area is 71.0 Å². The summed E-state index contributed by atoms with van der Waals surface area (Å²) in [7, 11) is 0. The molecule has 0 aliphatic carbocycles. The van der Waals surface area contributed by atoms with Crippen molar-refractivity contribution in [2.75, 3.05) is 19.6 Å². The van der Waals surface area contributed by atoms with Crippen molar-refractivity contribution in [2.45, 2.75) is 12.1 Å². The molecule has 2 heterocycles. The van der Waals surface area contributed by atoms with Crippen LogP contribution < -0.4 is 10.6 Å². The number of nitrogens with one attached hydrogen (secondary N) is 2. The normalized spacial score (nSPS) is 35.2. The van der Waals surface area contributed by atoms with E-state index in [0.29, 0.717) is 0 Å². The average molecular weight is 168 g/mol. The molecule has 1 fully saturated rings. The lowest BCUT2D eigenvalue weighted by Gasteiger charge is -2.27. The van der Waals surface area contributed by atoms with E-state index in [9.17, 15) is 4.79 Å². The van der Waals surface area contributed by atoms with Gasteiger partial charge in [-0.05, 0) is 6.08 Å². The van der Waals surface area contributed by atoms with Gasteiger partial charge in [-0.1, -0.05) is 0 Å². The quantitative estimate of drug-likeness (QED) is 0.495. The van der Waals surface area contributed by atoms with E-state index in [0.717, 1.165) is 19.6 Å². The molecule has 0 aromatic carbocycles. The maximum atomic E-state index is 10.7. The van der Waals surface area contributed by atoms with Gasteiger partial charge in [-0.15, -0.1) is 0 Å². The Hall–Kier alpha value is -0.870. The average Bonchev–Trinajstić information content (AvgIpc) is 2.54. The van der Waals surface area contributed by atoms with Gasteiger partial charge in [0.15, 0.2) is 0 Å². The largest absolute Gasteiger partial charge is 0.453 e. The second-order valence-corrected chi connectivity index (χ2v) is 3.03. The fourth-order valence-corrected chi connectivity index (χ4v) is 1.51. The Bertz CT molecular complexity index is 209. The van der Waals surface area contributed by atoms with Crippen LogP contribution in [0.15, 0.2) is 12.2 Å². The zero-order valence-corrected chi connectivity index (χ0v) is 6.75. The van der Waals surface area contributed by atoms with Gasteiger partial charge in [-0.2, -0.15) is 0 Å². The predicted octanol–water partition coefficient (Wildman–Crippen LogP) is -0.971. The van der Waals surface area contributed by atoms with Crippen molar-refractivity contribution in [2.24, 2.45) is 0 Å². The first-order valence-electron chi connectivity index (χ1n) is 4.19. The standard InChI is InChI=1S/C8H12N2O2/c11-8-2-1-7(12-8)6-5-9-3-4-10-6/h1-2,6-7,9-10H,3-5H2. The van der Waals surface area contributed by atoms with Gasteiger partial charge < -0.3 is 15.4 Å². The van der Waals surface area contributed by atoms with Crippen LogP contribution in [-0.4, -0.2) is 37.7 Å². The Balaban J connectivity index is 1.91. The third-order valence-corrected chi connectivity index (χ3v) is 2.14. The van der Waals surface area contributed by atoms with Gasteiger partial charge >= 0.3 is 5.97 Å². The number of carbonyl (C=O) groups is 1. The van der Waals surface area contributed by atoms with E-state index in [4.69, 9.17) is 4.74 Å². The molecule has 0 amide bonds. The van der Waals surface area contributed by atoms with Crippen molar-refractivity contribution in [3.05, 3.63) is 12.2 Å². The molecule has 0 bridgehead atoms. The molecule has 2 atom stereocenters. The number of hydrogen-bond donors (Lipinski definition) is 2. The van der Waals surface area contributed by atoms with Gasteiger partial charge in [-0.3, -0.25) is 0 Å². The zero-order valence-electron chi connectivity index (χ0n) is 6.75. The van der Waals surface area contributed by atoms with Crippen molar-refractivity contribution in [1.29, 1.82) is 0 Å². The lowest BCUT2D eigenvalue weighted by atomic mass is 10.1. The van der Waals surface area contributed by atoms with Gasteiger partial charge in [0.05, 0.1) is 6.04 Å². The van der Waals surface area contributed by atoms with E-state index in [1.165, 1.54) is 6.08 Å². The summed E-state index contributed by atoms with van der Waals surface area (Å²) in [5.74, 6) is -0.229. The summed E-state index contributed by atoms with van der Waals surface area (Å²) in [6.07, 6.45) is 3.22. The van der Waals surface area contributed by atoms with Gasteiger partial charge in [-0.25, -0.2) is 4.79 Å². The Morgan fingerprint density at radius 2 is 2.42 bits per heavy atom. The smallest absolute Gasteiger partial charge is 0.331 e. The lowest BCUT2D eigenvalue weighted by Crippen LogP contribution is -2.53. The molecule has 1 saturated heterocycles. The first kappa shape index (κ1) is 7.76. The van der Waals surface area contributed by atoms with Crippen LogP contribution in [0.25, 0.3) is 0 Å². The maximum absolute atomic E-state index is 10.7. The summed E-state index contributed by atoms with van der Waals surface area (Å²) in [5, 5.41) is 6.53. The van der Waals surface area contributed by atoms with Crippen LogP contribution >= 0.6 is 0 Å². The lowest BCUT2D eigenvalue weighted by molar-refractivity contribution is -0.139. The minimum absolute atomic E-state index is 0.0784. The van der Waals surface area contributed by atoms with Crippen molar-refractivity contribution < 1.29 is 9.53 Å². The SMILES string of the molecule is O=C1C=CC(C2CNCCN2)O1. The molecular formula is C8H12N2O2. The van der Waals surface area contributed by atoms with Crippen molar-refractivity contribution >= 4 is 5.97 Å². The summed E-state index contributed by atoms with van der Waals surface area (Å²) >= 11 is 0. The second kappa shape index (κ2) is 3.25. The molecule has 12 heavy (non-hydrogen) atoms. The zero-order chi connectivity index (χ0) is 8.39. The molecule has 2 unspecified atom stereocenters. The Kier molecular flexibility index (Phi) is 2.10. The molecule has 2 aliphatic rings. The number of ether oxygens (including phenoxy) is 1. The summed E-state index contributed by atoms with van der Waals surface area (Å²) in [4.78, 5) is 10.7. The number of piperazine rings is 1. The second-order valence-electron chi connectivity index (χ2n) is 3.03. The molecule has 66 valence electrons. The third-order valence-electron chi connectivity index (χ3n) is 2.14. The van der Waals surface area contributed by atoms with E-state index in [1.807, 2.05) is 6.08 Å². The highest BCUT2D eigenvalue weighted by Crippen LogP contribution is 2.09. The summed E-state index contributed by atoms with van der Waals surface area (Å²) in [6.45, 7) is 2.79. The van der Waals surface area contributed by atoms with Gasteiger partial charge in [0.2, 0.25) is 0 Å². The van der Waals surface area contributed by atoms with Gasteiger partial charge in [0.1, 0.15) is 6.10 Å². The number of rotatable bonds is 1. The topological polar surface area (TPSA) is 50.4 Å². The molecule has 0 spiro atoms. The summed E-state index contributed by atoms with van der Waals surface area (Å²) < 4.78 is 5.05. The predicted molar refractivity (Wildman–Crippen MR) is 43.7 cm³/mol. The maximum Gasteiger partial charge on any atom is 0.331 e. The minimum Gasteiger partial charge on any atom is -0.453 e. The highest BCUT2D eigenvalue weighted by atomic mass is 16.5.